The molecule has 0 aromatic heterocycles. The predicted octanol–water partition coefficient (Wildman–Crippen LogP) is 10.1. The topological polar surface area (TPSA) is 6.48 Å². The summed E-state index contributed by atoms with van der Waals surface area (Å²) in [7, 11) is 2.19. The molecule has 5 rings (SSSR count). The molecule has 0 aliphatic heterocycles. The minimum Gasteiger partial charge on any atom is -0.311 e. The second-order valence-electron chi connectivity index (χ2n) is 12.3. The first-order valence-corrected chi connectivity index (χ1v) is 15.7. The molecule has 5 aromatic rings. The number of rotatable bonds is 9. The van der Waals surface area contributed by atoms with Crippen LogP contribution in [0.15, 0.2) is 97.1 Å². The van der Waals surface area contributed by atoms with Crippen molar-refractivity contribution in [2.75, 3.05) is 9.80 Å². The van der Waals surface area contributed by atoms with E-state index < -0.39 is 0 Å². The molecule has 3 heteroatoms. The summed E-state index contributed by atoms with van der Waals surface area (Å²) >= 11 is 0. The highest BCUT2D eigenvalue weighted by Crippen LogP contribution is 2.43. The summed E-state index contributed by atoms with van der Waals surface area (Å²) in [5.41, 5.74) is 17.6. The van der Waals surface area contributed by atoms with E-state index in [2.05, 4.69) is 163 Å². The summed E-state index contributed by atoms with van der Waals surface area (Å²) in [6, 6.07) is 36.1. The molecular weight excluding hydrogens is 519 g/mol. The molecule has 43 heavy (non-hydrogen) atoms. The lowest BCUT2D eigenvalue weighted by Gasteiger charge is -2.33. The van der Waals surface area contributed by atoms with Crippen molar-refractivity contribution >= 4 is 47.4 Å². The summed E-state index contributed by atoms with van der Waals surface area (Å²) < 4.78 is 0. The van der Waals surface area contributed by atoms with Gasteiger partial charge in [0.25, 0.3) is 0 Å². The number of hydrogen-bond acceptors (Lipinski definition) is 2. The van der Waals surface area contributed by atoms with Gasteiger partial charge in [0.2, 0.25) is 0 Å². The Labute approximate surface area is 260 Å². The number of benzene rings is 5. The molecule has 0 fully saturated rings. The smallest absolute Gasteiger partial charge is 0.139 e. The van der Waals surface area contributed by atoms with Gasteiger partial charge >= 0.3 is 0 Å². The molecule has 5 aromatic carbocycles. The van der Waals surface area contributed by atoms with E-state index in [0.29, 0.717) is 0 Å². The van der Waals surface area contributed by atoms with Crippen LogP contribution in [-0.2, 0) is 6.42 Å². The molecule has 218 valence electrons. The van der Waals surface area contributed by atoms with Crippen LogP contribution < -0.4 is 15.3 Å². The second-order valence-corrected chi connectivity index (χ2v) is 12.3. The highest BCUT2D eigenvalue weighted by molar-refractivity contribution is 6.32. The number of aryl methyl sites for hydroxylation is 7. The van der Waals surface area contributed by atoms with Gasteiger partial charge in [-0.1, -0.05) is 78.5 Å². The predicted molar refractivity (Wildman–Crippen MR) is 191 cm³/mol. The van der Waals surface area contributed by atoms with Crippen molar-refractivity contribution < 1.29 is 0 Å². The van der Waals surface area contributed by atoms with Gasteiger partial charge in [-0.05, 0) is 131 Å². The van der Waals surface area contributed by atoms with Crippen molar-refractivity contribution in [3.05, 3.63) is 136 Å². The molecule has 0 spiro atoms. The molecule has 0 aliphatic rings. The summed E-state index contributed by atoms with van der Waals surface area (Å²) in [5, 5.41) is 0. The van der Waals surface area contributed by atoms with Gasteiger partial charge in [0, 0.05) is 22.7 Å². The average molecular weight is 565 g/mol. The maximum absolute atomic E-state index is 2.49. The molecule has 0 unspecified atom stereocenters. The average Bonchev–Trinajstić information content (AvgIpc) is 2.97. The number of nitrogens with zero attached hydrogens (tertiary/aromatic N) is 2. The monoisotopic (exact) mass is 564 g/mol. The van der Waals surface area contributed by atoms with E-state index >= 15 is 0 Å². The Kier molecular flexibility index (Phi) is 9.11. The van der Waals surface area contributed by atoms with E-state index in [-0.39, 0.29) is 0 Å². The Morgan fingerprint density at radius 1 is 0.488 bits per heavy atom. The fourth-order valence-electron chi connectivity index (χ4n) is 6.40. The van der Waals surface area contributed by atoms with Crippen LogP contribution in [0.25, 0.3) is 0 Å². The second kappa shape index (κ2) is 13.0. The molecule has 0 amide bonds. The lowest BCUT2D eigenvalue weighted by atomic mass is 9.90. The Bertz CT molecular complexity index is 1610. The summed E-state index contributed by atoms with van der Waals surface area (Å²) in [6.45, 7) is 15.6. The molecule has 0 N–H and O–H groups in total. The van der Waals surface area contributed by atoms with Crippen molar-refractivity contribution in [3.8, 4) is 0 Å². The van der Waals surface area contributed by atoms with Crippen LogP contribution >= 0.6 is 0 Å². The Balaban J connectivity index is 1.65. The largest absolute Gasteiger partial charge is 0.311 e. The Hall–Kier alpha value is -4.24. The fourth-order valence-corrected chi connectivity index (χ4v) is 6.40. The van der Waals surface area contributed by atoms with Crippen LogP contribution in [0, 0.1) is 41.5 Å². The highest BCUT2D eigenvalue weighted by Gasteiger charge is 2.22. The third kappa shape index (κ3) is 6.57. The van der Waals surface area contributed by atoms with Gasteiger partial charge in [-0.3, -0.25) is 0 Å². The SMILES string of the molecule is Bc1cc(C)c(N(c2ccc(N(c3ccc(C)cc3)c3ccc(C)cc3)cc2)c2c(C)cc(CCCC)cc2C)c(C)c1. The van der Waals surface area contributed by atoms with Crippen LogP contribution in [-0.4, -0.2) is 7.85 Å². The Morgan fingerprint density at radius 3 is 1.23 bits per heavy atom. The van der Waals surface area contributed by atoms with Gasteiger partial charge in [0.15, 0.2) is 0 Å². The van der Waals surface area contributed by atoms with Crippen LogP contribution in [0.1, 0.15) is 58.7 Å². The van der Waals surface area contributed by atoms with Gasteiger partial charge in [-0.25, -0.2) is 0 Å². The van der Waals surface area contributed by atoms with Gasteiger partial charge in [0.1, 0.15) is 7.85 Å². The maximum atomic E-state index is 2.49. The zero-order chi connectivity index (χ0) is 30.7. The number of unbranched alkanes of at least 4 members (excludes halogenated alkanes) is 1. The molecule has 0 saturated carbocycles. The van der Waals surface area contributed by atoms with E-state index in [1.807, 2.05) is 0 Å². The van der Waals surface area contributed by atoms with Gasteiger partial charge in [-0.15, -0.1) is 0 Å². The lowest BCUT2D eigenvalue weighted by molar-refractivity contribution is 0.794. The minimum absolute atomic E-state index is 1.13. The van der Waals surface area contributed by atoms with Crippen LogP contribution in [0.5, 0.6) is 0 Å². The standard InChI is InChI=1S/C40H45BN2/c1-8-9-10-33-23-29(4)39(30(5)24-33)43(40-31(6)25-34(41)26-32(40)7)38-21-19-37(20-22-38)42(35-15-11-27(2)12-16-35)36-17-13-28(3)14-18-36/h11-26H,8-10,41H2,1-7H3. The van der Waals surface area contributed by atoms with E-state index in [9.17, 15) is 0 Å². The zero-order valence-corrected chi connectivity index (χ0v) is 27.3. The first kappa shape index (κ1) is 30.2. The van der Waals surface area contributed by atoms with Gasteiger partial charge < -0.3 is 9.80 Å². The molecular formula is C40H45BN2. The summed E-state index contributed by atoms with van der Waals surface area (Å²) in [6.07, 6.45) is 3.56. The molecule has 0 bridgehead atoms. The summed E-state index contributed by atoms with van der Waals surface area (Å²) in [4.78, 5) is 4.83. The molecule has 0 atom stereocenters. The third-order valence-electron chi connectivity index (χ3n) is 8.40. The third-order valence-corrected chi connectivity index (χ3v) is 8.40. The number of hydrogen-bond donors (Lipinski definition) is 0. The fraction of sp³-hybridized carbons (Fsp3) is 0.250. The molecule has 0 radical (unpaired) electrons. The van der Waals surface area contributed by atoms with Crippen molar-refractivity contribution in [1.29, 1.82) is 0 Å². The van der Waals surface area contributed by atoms with Crippen LogP contribution in [0.4, 0.5) is 34.1 Å². The first-order chi connectivity index (χ1) is 20.7. The molecule has 2 nitrogen and oxygen atoms in total. The van der Waals surface area contributed by atoms with Crippen molar-refractivity contribution in [1.82, 2.24) is 0 Å². The number of anilines is 6. The van der Waals surface area contributed by atoms with Crippen molar-refractivity contribution in [3.63, 3.8) is 0 Å². The minimum atomic E-state index is 1.13. The quantitative estimate of drug-likeness (QED) is 0.164. The van der Waals surface area contributed by atoms with Crippen LogP contribution in [0.2, 0.25) is 0 Å². The van der Waals surface area contributed by atoms with Crippen molar-refractivity contribution in [2.24, 2.45) is 0 Å². The highest BCUT2D eigenvalue weighted by atomic mass is 15.2. The van der Waals surface area contributed by atoms with E-state index in [1.165, 1.54) is 74.3 Å². The van der Waals surface area contributed by atoms with Crippen molar-refractivity contribution in [2.45, 2.75) is 67.7 Å². The van der Waals surface area contributed by atoms with Gasteiger partial charge in [-0.2, -0.15) is 0 Å². The van der Waals surface area contributed by atoms with E-state index in [4.69, 9.17) is 0 Å². The summed E-state index contributed by atoms with van der Waals surface area (Å²) in [5.74, 6) is 0. The zero-order valence-electron chi connectivity index (χ0n) is 27.3. The Morgan fingerprint density at radius 2 is 0.837 bits per heavy atom. The molecule has 0 heterocycles. The van der Waals surface area contributed by atoms with Gasteiger partial charge in [0.05, 0.1) is 11.4 Å². The lowest BCUT2D eigenvalue weighted by Crippen LogP contribution is -2.18. The van der Waals surface area contributed by atoms with E-state index in [1.54, 1.807) is 0 Å². The molecule has 0 saturated heterocycles. The molecule has 0 aliphatic carbocycles. The van der Waals surface area contributed by atoms with Crippen LogP contribution in [0.3, 0.4) is 0 Å². The van der Waals surface area contributed by atoms with E-state index in [0.717, 1.165) is 23.5 Å². The maximum Gasteiger partial charge on any atom is 0.139 e. The normalized spacial score (nSPS) is 11.0. The first-order valence-electron chi connectivity index (χ1n) is 15.7.